The van der Waals surface area contributed by atoms with Crippen molar-refractivity contribution in [2.45, 2.75) is 18.5 Å². The van der Waals surface area contributed by atoms with Gasteiger partial charge in [-0.05, 0) is 35.7 Å². The molecule has 0 spiro atoms. The molecule has 0 bridgehead atoms. The van der Waals surface area contributed by atoms with Gasteiger partial charge in [-0.25, -0.2) is 4.68 Å². The molecule has 1 aliphatic heterocycles. The van der Waals surface area contributed by atoms with Crippen LogP contribution in [0, 0.1) is 0 Å². The number of hydrogen-bond acceptors (Lipinski definition) is 4. The second kappa shape index (κ2) is 7.91. The predicted molar refractivity (Wildman–Crippen MR) is 108 cm³/mol. The molecular weight excluding hydrogens is 399 g/mol. The van der Waals surface area contributed by atoms with Crippen molar-refractivity contribution >= 4 is 35.1 Å². The standard InChI is InChI=1S/C20H18Cl2N4O2/c1-28-11-19(27)25-17(13-6-8-14(21)9-7-13)10-18(26-20(25)23-12-24-26)15-4-2-3-5-16(15)22/h2-9,12,17-18H,10-11H2,1H3/t17-,18+/m1/s1. The topological polar surface area (TPSA) is 60.2 Å². The number of fused-ring (bicyclic) bond motifs is 1. The van der Waals surface area contributed by atoms with E-state index in [0.29, 0.717) is 22.4 Å². The van der Waals surface area contributed by atoms with Crippen LogP contribution in [0.15, 0.2) is 54.9 Å². The van der Waals surface area contributed by atoms with Crippen molar-refractivity contribution in [2.24, 2.45) is 0 Å². The van der Waals surface area contributed by atoms with E-state index in [1.54, 1.807) is 9.58 Å². The number of ether oxygens (including phenoxy) is 1. The van der Waals surface area contributed by atoms with Crippen molar-refractivity contribution in [3.05, 3.63) is 76.0 Å². The molecule has 0 fully saturated rings. The number of amides is 1. The predicted octanol–water partition coefficient (Wildman–Crippen LogP) is 4.30. The first-order valence-corrected chi connectivity index (χ1v) is 9.56. The van der Waals surface area contributed by atoms with Crippen molar-refractivity contribution in [3.8, 4) is 0 Å². The summed E-state index contributed by atoms with van der Waals surface area (Å²) in [7, 11) is 1.50. The number of anilines is 1. The van der Waals surface area contributed by atoms with E-state index in [0.717, 1.165) is 11.1 Å². The molecule has 6 nitrogen and oxygen atoms in total. The minimum absolute atomic E-state index is 0.0479. The third-order valence-corrected chi connectivity index (χ3v) is 5.47. The van der Waals surface area contributed by atoms with Crippen LogP contribution in [0.25, 0.3) is 0 Å². The maximum absolute atomic E-state index is 12.9. The third kappa shape index (κ3) is 3.39. The Morgan fingerprint density at radius 2 is 1.89 bits per heavy atom. The summed E-state index contributed by atoms with van der Waals surface area (Å²) in [6.45, 7) is -0.0479. The molecule has 0 unspecified atom stereocenters. The highest BCUT2D eigenvalue weighted by Gasteiger charge is 2.39. The SMILES string of the molecule is COCC(=O)N1c2ncnn2[C@H](c2ccccc2Cl)C[C@@H]1c1ccc(Cl)cc1. The molecule has 2 heterocycles. The molecule has 3 aromatic rings. The second-order valence-corrected chi connectivity index (χ2v) is 7.39. The van der Waals surface area contributed by atoms with Crippen LogP contribution in [0.4, 0.5) is 5.95 Å². The van der Waals surface area contributed by atoms with E-state index < -0.39 is 0 Å². The Balaban J connectivity index is 1.84. The lowest BCUT2D eigenvalue weighted by atomic mass is 9.92. The number of hydrogen-bond donors (Lipinski definition) is 0. The third-order valence-electron chi connectivity index (χ3n) is 4.88. The molecule has 8 heteroatoms. The van der Waals surface area contributed by atoms with Crippen molar-refractivity contribution in [1.82, 2.24) is 14.8 Å². The fourth-order valence-electron chi connectivity index (χ4n) is 3.64. The van der Waals surface area contributed by atoms with Crippen molar-refractivity contribution in [3.63, 3.8) is 0 Å². The molecule has 0 N–H and O–H groups in total. The van der Waals surface area contributed by atoms with Gasteiger partial charge in [-0.15, -0.1) is 0 Å². The highest BCUT2D eigenvalue weighted by atomic mass is 35.5. The van der Waals surface area contributed by atoms with Crippen LogP contribution < -0.4 is 4.90 Å². The van der Waals surface area contributed by atoms with Gasteiger partial charge >= 0.3 is 0 Å². The molecular formula is C20H18Cl2N4O2. The molecule has 0 saturated carbocycles. The molecule has 0 saturated heterocycles. The van der Waals surface area contributed by atoms with E-state index in [4.69, 9.17) is 27.9 Å². The van der Waals surface area contributed by atoms with Crippen LogP contribution in [-0.2, 0) is 9.53 Å². The normalized spacial score (nSPS) is 18.8. The Kier molecular flexibility index (Phi) is 5.35. The smallest absolute Gasteiger partial charge is 0.255 e. The van der Waals surface area contributed by atoms with Crippen molar-refractivity contribution in [1.29, 1.82) is 0 Å². The fraction of sp³-hybridized carbons (Fsp3) is 0.250. The average Bonchev–Trinajstić information content (AvgIpc) is 3.18. The maximum atomic E-state index is 12.9. The summed E-state index contributed by atoms with van der Waals surface area (Å²) in [5.74, 6) is 0.285. The van der Waals surface area contributed by atoms with Gasteiger partial charge in [-0.3, -0.25) is 9.69 Å². The Bertz CT molecular complexity index is 990. The molecule has 0 radical (unpaired) electrons. The Morgan fingerprint density at radius 1 is 1.14 bits per heavy atom. The lowest BCUT2D eigenvalue weighted by molar-refractivity contribution is -0.123. The molecule has 28 heavy (non-hydrogen) atoms. The van der Waals surface area contributed by atoms with Crippen LogP contribution in [0.5, 0.6) is 0 Å². The van der Waals surface area contributed by atoms with Crippen LogP contribution >= 0.6 is 23.2 Å². The zero-order chi connectivity index (χ0) is 19.7. The maximum Gasteiger partial charge on any atom is 0.255 e. The van der Waals surface area contributed by atoms with E-state index in [1.165, 1.54) is 13.4 Å². The average molecular weight is 417 g/mol. The van der Waals surface area contributed by atoms with Gasteiger partial charge in [-0.2, -0.15) is 10.1 Å². The van der Waals surface area contributed by atoms with Gasteiger partial charge in [0.05, 0.1) is 12.1 Å². The first-order valence-electron chi connectivity index (χ1n) is 8.80. The van der Waals surface area contributed by atoms with E-state index >= 15 is 0 Å². The summed E-state index contributed by atoms with van der Waals surface area (Å²) in [5, 5.41) is 5.67. The molecule has 2 atom stereocenters. The molecule has 0 aliphatic carbocycles. The minimum atomic E-state index is -0.252. The number of carbonyl (C=O) groups excluding carboxylic acids is 1. The van der Waals surface area contributed by atoms with Gasteiger partial charge in [0.2, 0.25) is 5.95 Å². The van der Waals surface area contributed by atoms with E-state index in [1.807, 2.05) is 48.5 Å². The summed E-state index contributed by atoms with van der Waals surface area (Å²) in [6.07, 6.45) is 2.05. The minimum Gasteiger partial charge on any atom is -0.375 e. The lowest BCUT2D eigenvalue weighted by Crippen LogP contribution is -2.44. The summed E-state index contributed by atoms with van der Waals surface area (Å²) in [4.78, 5) is 18.9. The number of rotatable bonds is 4. The van der Waals surface area contributed by atoms with E-state index in [9.17, 15) is 4.79 Å². The molecule has 2 aromatic carbocycles. The van der Waals surface area contributed by atoms with E-state index in [2.05, 4.69) is 10.1 Å². The van der Waals surface area contributed by atoms with Gasteiger partial charge in [0.25, 0.3) is 5.91 Å². The second-order valence-electron chi connectivity index (χ2n) is 6.54. The number of nitrogens with zero attached hydrogens (tertiary/aromatic N) is 4. The summed E-state index contributed by atoms with van der Waals surface area (Å²) >= 11 is 12.5. The van der Waals surface area contributed by atoms with Crippen LogP contribution in [0.3, 0.4) is 0 Å². The first-order chi connectivity index (χ1) is 13.6. The number of carbonyl (C=O) groups is 1. The van der Waals surface area contributed by atoms with Crippen molar-refractivity contribution in [2.75, 3.05) is 18.6 Å². The zero-order valence-corrected chi connectivity index (χ0v) is 16.6. The van der Waals surface area contributed by atoms with Gasteiger partial charge in [-0.1, -0.05) is 53.5 Å². The number of aromatic nitrogens is 3. The fourth-order valence-corrected chi connectivity index (χ4v) is 4.03. The summed E-state index contributed by atoms with van der Waals surface area (Å²) in [5.41, 5.74) is 1.90. The Labute approximate surface area is 172 Å². The Hall–Kier alpha value is -2.41. The van der Waals surface area contributed by atoms with Crippen molar-refractivity contribution < 1.29 is 9.53 Å². The van der Waals surface area contributed by atoms with Crippen LogP contribution in [-0.4, -0.2) is 34.4 Å². The van der Waals surface area contributed by atoms with Gasteiger partial charge in [0.1, 0.15) is 12.9 Å². The number of halogens is 2. The monoisotopic (exact) mass is 416 g/mol. The Morgan fingerprint density at radius 3 is 2.61 bits per heavy atom. The van der Waals surface area contributed by atoms with Crippen LogP contribution in [0.1, 0.15) is 29.6 Å². The largest absolute Gasteiger partial charge is 0.375 e. The molecule has 4 rings (SSSR count). The van der Waals surface area contributed by atoms with E-state index in [-0.39, 0.29) is 24.6 Å². The van der Waals surface area contributed by atoms with Crippen LogP contribution in [0.2, 0.25) is 10.0 Å². The van der Waals surface area contributed by atoms with Gasteiger partial charge in [0, 0.05) is 17.2 Å². The number of benzene rings is 2. The molecule has 144 valence electrons. The molecule has 1 aromatic heterocycles. The lowest BCUT2D eigenvalue weighted by Gasteiger charge is -2.39. The highest BCUT2D eigenvalue weighted by Crippen LogP contribution is 2.43. The number of methoxy groups -OCH3 is 1. The first kappa shape index (κ1) is 18.9. The highest BCUT2D eigenvalue weighted by molar-refractivity contribution is 6.31. The summed E-state index contributed by atoms with van der Waals surface area (Å²) in [6, 6.07) is 14.7. The molecule has 1 amide bonds. The quantitative estimate of drug-likeness (QED) is 0.635. The van der Waals surface area contributed by atoms with Gasteiger partial charge in [0.15, 0.2) is 0 Å². The zero-order valence-electron chi connectivity index (χ0n) is 15.1. The summed E-state index contributed by atoms with van der Waals surface area (Å²) < 4.78 is 6.84. The van der Waals surface area contributed by atoms with Gasteiger partial charge < -0.3 is 4.74 Å². The molecule has 1 aliphatic rings.